The minimum absolute atomic E-state index is 0.0438. The molecule has 0 bridgehead atoms. The molecule has 0 saturated carbocycles. The monoisotopic (exact) mass is 1000 g/mol. The third-order valence-corrected chi connectivity index (χ3v) is 13.1. The molecule has 1 saturated heterocycles. The number of allylic oxidation sites excluding steroid dienone is 11. The summed E-state index contributed by atoms with van der Waals surface area (Å²) in [6, 6.07) is -1.03. The van der Waals surface area contributed by atoms with Crippen LogP contribution < -0.4 is 5.32 Å². The van der Waals surface area contributed by atoms with E-state index in [4.69, 9.17) is 14.2 Å². The summed E-state index contributed by atoms with van der Waals surface area (Å²) in [6.07, 6.45) is 49.5. The van der Waals surface area contributed by atoms with E-state index in [1.807, 2.05) is 18.2 Å². The largest absolute Gasteiger partial charge is 0.454 e. The van der Waals surface area contributed by atoms with Gasteiger partial charge >= 0.3 is 5.97 Å². The first-order chi connectivity index (χ1) is 34.7. The number of rotatable bonds is 47. The number of hydrogen-bond donors (Lipinski definition) is 6. The number of amides is 1. The van der Waals surface area contributed by atoms with Crippen molar-refractivity contribution in [1.82, 2.24) is 5.32 Å². The summed E-state index contributed by atoms with van der Waals surface area (Å²) in [7, 11) is 0. The van der Waals surface area contributed by atoms with Crippen LogP contribution in [0.2, 0.25) is 0 Å². The maximum absolute atomic E-state index is 13.4. The lowest BCUT2D eigenvalue weighted by Crippen LogP contribution is -2.61. The molecule has 0 aromatic heterocycles. The Kier molecular flexibility index (Phi) is 44.8. The van der Waals surface area contributed by atoms with Crippen molar-refractivity contribution in [1.29, 1.82) is 0 Å². The first-order valence-corrected chi connectivity index (χ1v) is 28.7. The van der Waals surface area contributed by atoms with Crippen molar-refractivity contribution in [2.45, 2.75) is 282 Å². The Morgan fingerprint density at radius 3 is 1.51 bits per heavy atom. The fourth-order valence-corrected chi connectivity index (χ4v) is 8.57. The SMILES string of the molecule is CC/C=C\C/C=C\C/C=C\C/C=C\C/C=C\CCCC(=O)OC1C(OCC(NC(=O)C(O)CCCCCCCCCCCCCCC)C(O)/C=C/CCCCCCCCCCCC)OC(CO)C(O)C1O. The van der Waals surface area contributed by atoms with Crippen LogP contribution in [0.3, 0.4) is 0 Å². The summed E-state index contributed by atoms with van der Waals surface area (Å²) >= 11 is 0. The molecule has 1 aliphatic rings. The number of ether oxygens (including phenoxy) is 3. The second kappa shape index (κ2) is 48.1. The number of aliphatic hydroxyl groups is 5. The molecule has 0 aromatic carbocycles. The fourth-order valence-electron chi connectivity index (χ4n) is 8.57. The van der Waals surface area contributed by atoms with E-state index in [-0.39, 0.29) is 19.4 Å². The highest BCUT2D eigenvalue weighted by molar-refractivity contribution is 5.80. The molecule has 0 radical (unpaired) electrons. The number of nitrogens with one attached hydrogen (secondary N) is 1. The van der Waals surface area contributed by atoms with Gasteiger partial charge in [0.2, 0.25) is 5.91 Å². The minimum Gasteiger partial charge on any atom is -0.454 e. The Morgan fingerprint density at radius 2 is 1.01 bits per heavy atom. The van der Waals surface area contributed by atoms with Crippen molar-refractivity contribution in [3.63, 3.8) is 0 Å². The van der Waals surface area contributed by atoms with Crippen LogP contribution in [0.5, 0.6) is 0 Å². The van der Waals surface area contributed by atoms with Gasteiger partial charge in [0, 0.05) is 6.42 Å². The number of esters is 1. The van der Waals surface area contributed by atoms with Crippen LogP contribution in [0.4, 0.5) is 0 Å². The van der Waals surface area contributed by atoms with Crippen molar-refractivity contribution in [3.05, 3.63) is 72.9 Å². The third-order valence-electron chi connectivity index (χ3n) is 13.1. The smallest absolute Gasteiger partial charge is 0.306 e. The fraction of sp³-hybridized carbons (Fsp3) is 0.767. The Hall–Kier alpha value is -2.90. The number of carbonyl (C=O) groups excluding carboxylic acids is 2. The molecular formula is C60H105NO10. The van der Waals surface area contributed by atoms with Crippen LogP contribution in [0.25, 0.3) is 0 Å². The van der Waals surface area contributed by atoms with Crippen molar-refractivity contribution in [2.24, 2.45) is 0 Å². The molecule has 11 heteroatoms. The Labute approximate surface area is 432 Å². The summed E-state index contributed by atoms with van der Waals surface area (Å²) in [4.78, 5) is 26.4. The second-order valence-electron chi connectivity index (χ2n) is 19.6. The Balaban J connectivity index is 2.77. The molecule has 0 spiro atoms. The zero-order valence-corrected chi connectivity index (χ0v) is 45.1. The predicted molar refractivity (Wildman–Crippen MR) is 292 cm³/mol. The Bertz CT molecular complexity index is 1430. The van der Waals surface area contributed by atoms with Gasteiger partial charge in [-0.2, -0.15) is 0 Å². The molecule has 8 atom stereocenters. The maximum atomic E-state index is 13.4. The third kappa shape index (κ3) is 36.6. The van der Waals surface area contributed by atoms with Gasteiger partial charge < -0.3 is 45.1 Å². The molecule has 6 N–H and O–H groups in total. The van der Waals surface area contributed by atoms with Crippen LogP contribution in [0, 0.1) is 0 Å². The zero-order valence-electron chi connectivity index (χ0n) is 45.1. The van der Waals surface area contributed by atoms with Crippen molar-refractivity contribution in [3.8, 4) is 0 Å². The summed E-state index contributed by atoms with van der Waals surface area (Å²) in [6.45, 7) is 5.63. The molecule has 8 unspecified atom stereocenters. The van der Waals surface area contributed by atoms with Gasteiger partial charge in [-0.1, -0.05) is 235 Å². The highest BCUT2D eigenvalue weighted by atomic mass is 16.7. The van der Waals surface area contributed by atoms with Crippen molar-refractivity contribution >= 4 is 11.9 Å². The molecule has 1 amide bonds. The Morgan fingerprint density at radius 1 is 0.563 bits per heavy atom. The molecule has 1 fully saturated rings. The summed E-state index contributed by atoms with van der Waals surface area (Å²) < 4.78 is 17.5. The van der Waals surface area contributed by atoms with Crippen molar-refractivity contribution in [2.75, 3.05) is 13.2 Å². The van der Waals surface area contributed by atoms with E-state index < -0.39 is 67.4 Å². The molecule has 0 aliphatic carbocycles. The van der Waals surface area contributed by atoms with Gasteiger partial charge in [-0.3, -0.25) is 9.59 Å². The van der Waals surface area contributed by atoms with Gasteiger partial charge in [0.15, 0.2) is 12.4 Å². The molecule has 1 heterocycles. The highest BCUT2D eigenvalue weighted by Gasteiger charge is 2.47. The van der Waals surface area contributed by atoms with Crippen molar-refractivity contribution < 1.29 is 49.3 Å². The van der Waals surface area contributed by atoms with Gasteiger partial charge in [0.1, 0.15) is 24.4 Å². The van der Waals surface area contributed by atoms with Gasteiger partial charge in [-0.25, -0.2) is 0 Å². The zero-order chi connectivity index (χ0) is 51.8. The molecular weight excluding hydrogens is 895 g/mol. The quantitative estimate of drug-likeness (QED) is 0.0196. The molecule has 1 rings (SSSR count). The van der Waals surface area contributed by atoms with Gasteiger partial charge in [0.05, 0.1) is 25.4 Å². The standard InChI is InChI=1S/C60H105NO10/c1-4-7-10-13-16-19-22-25-26-27-28-30-33-36-39-42-45-48-55(65)71-58-57(67)56(66)54(49-62)70-60(58)69-50-51(52(63)46-43-40-37-34-31-24-21-18-15-12-9-6-3)61-59(68)53(64)47-44-41-38-35-32-29-23-20-17-14-11-8-5-2/h7,10,16,19,25-26,28,30,36,39,43,46,51-54,56-58,60,62-64,66-67H,4-6,8-9,11-15,17-18,20-24,27,29,31-35,37-38,40-42,44-45,47-50H2,1-3H3,(H,61,68)/b10-7-,19-16-,26-25-,30-28-,39-36-,46-43+. The average molecular weight is 1000 g/mol. The van der Waals surface area contributed by atoms with Crippen LogP contribution >= 0.6 is 0 Å². The van der Waals surface area contributed by atoms with Crippen LogP contribution in [0.1, 0.15) is 233 Å². The van der Waals surface area contributed by atoms with Gasteiger partial charge in [-0.05, 0) is 64.2 Å². The summed E-state index contributed by atoms with van der Waals surface area (Å²) in [5.74, 6) is -1.26. The van der Waals surface area contributed by atoms with E-state index in [0.29, 0.717) is 19.3 Å². The maximum Gasteiger partial charge on any atom is 0.306 e. The summed E-state index contributed by atoms with van der Waals surface area (Å²) in [5, 5.41) is 56.8. The summed E-state index contributed by atoms with van der Waals surface area (Å²) in [5.41, 5.74) is 0. The van der Waals surface area contributed by atoms with E-state index in [9.17, 15) is 35.1 Å². The van der Waals surface area contributed by atoms with Crippen LogP contribution in [-0.4, -0.2) is 99.6 Å². The van der Waals surface area contributed by atoms with Gasteiger partial charge in [-0.15, -0.1) is 0 Å². The molecule has 1 aliphatic heterocycles. The van der Waals surface area contributed by atoms with Crippen LogP contribution in [-0.2, 0) is 23.8 Å². The van der Waals surface area contributed by atoms with E-state index in [2.05, 4.69) is 74.7 Å². The molecule has 410 valence electrons. The number of aliphatic hydroxyl groups excluding tert-OH is 5. The van der Waals surface area contributed by atoms with Crippen LogP contribution in [0.15, 0.2) is 72.9 Å². The van der Waals surface area contributed by atoms with Gasteiger partial charge in [0.25, 0.3) is 0 Å². The number of unbranched alkanes of at least 4 members (excludes halogenated alkanes) is 23. The van der Waals surface area contributed by atoms with E-state index >= 15 is 0 Å². The minimum atomic E-state index is -1.64. The highest BCUT2D eigenvalue weighted by Crippen LogP contribution is 2.26. The van der Waals surface area contributed by atoms with E-state index in [1.165, 1.54) is 109 Å². The number of carbonyl (C=O) groups is 2. The lowest BCUT2D eigenvalue weighted by molar-refractivity contribution is -0.305. The lowest BCUT2D eigenvalue weighted by atomic mass is 9.99. The molecule has 0 aromatic rings. The predicted octanol–water partition coefficient (Wildman–Crippen LogP) is 12.8. The van der Waals surface area contributed by atoms with E-state index in [0.717, 1.165) is 70.6 Å². The average Bonchev–Trinajstić information content (AvgIpc) is 3.37. The second-order valence-corrected chi connectivity index (χ2v) is 19.6. The van der Waals surface area contributed by atoms with E-state index in [1.54, 1.807) is 6.08 Å². The normalized spacial score (nSPS) is 20.1. The first-order valence-electron chi connectivity index (χ1n) is 28.7. The lowest BCUT2D eigenvalue weighted by Gasteiger charge is -2.41. The molecule has 11 nitrogen and oxygen atoms in total. The number of hydrogen-bond acceptors (Lipinski definition) is 10. The first kappa shape index (κ1) is 66.1. The topological polar surface area (TPSA) is 175 Å². The molecule has 71 heavy (non-hydrogen) atoms.